The Hall–Kier alpha value is -1.02. The van der Waals surface area contributed by atoms with E-state index in [0.29, 0.717) is 6.04 Å². The third-order valence-corrected chi connectivity index (χ3v) is 3.23. The van der Waals surface area contributed by atoms with Crippen molar-refractivity contribution in [3.8, 4) is 0 Å². The largest absolute Gasteiger partial charge is 0.370 e. The van der Waals surface area contributed by atoms with Crippen molar-refractivity contribution < 1.29 is 0 Å². The van der Waals surface area contributed by atoms with Crippen molar-refractivity contribution >= 4 is 5.69 Å². The molecule has 1 aliphatic heterocycles. The molecular weight excluding hydrogens is 184 g/mol. The molecule has 2 nitrogen and oxygen atoms in total. The van der Waals surface area contributed by atoms with Gasteiger partial charge in [0.2, 0.25) is 0 Å². The maximum atomic E-state index is 3.46. The monoisotopic (exact) mass is 204 g/mol. The molecule has 1 heterocycles. The number of hydrogen-bond acceptors (Lipinski definition) is 2. The Balaban J connectivity index is 2.08. The molecule has 1 aliphatic rings. The van der Waals surface area contributed by atoms with Crippen LogP contribution in [0.2, 0.25) is 0 Å². The predicted molar refractivity (Wildman–Crippen MR) is 65.5 cm³/mol. The first kappa shape index (κ1) is 10.5. The van der Waals surface area contributed by atoms with Crippen molar-refractivity contribution in [2.45, 2.75) is 25.8 Å². The molecule has 0 saturated carbocycles. The topological polar surface area (TPSA) is 15.3 Å². The second kappa shape index (κ2) is 4.67. The van der Waals surface area contributed by atoms with E-state index in [0.717, 1.165) is 6.54 Å². The fourth-order valence-electron chi connectivity index (χ4n) is 2.22. The molecule has 0 radical (unpaired) electrons. The van der Waals surface area contributed by atoms with Crippen molar-refractivity contribution in [2.75, 3.05) is 25.0 Å². The van der Waals surface area contributed by atoms with Gasteiger partial charge in [-0.1, -0.05) is 12.1 Å². The summed E-state index contributed by atoms with van der Waals surface area (Å²) in [6.07, 6.45) is 2.60. The number of likely N-dealkylation sites (N-methyl/N-ethyl adjacent to an activating group) is 1. The predicted octanol–water partition coefficient (Wildman–Crippen LogP) is 2.18. The summed E-state index contributed by atoms with van der Waals surface area (Å²) in [4.78, 5) is 2.40. The van der Waals surface area contributed by atoms with Gasteiger partial charge in [0.15, 0.2) is 0 Å². The van der Waals surface area contributed by atoms with Crippen LogP contribution in [0.5, 0.6) is 0 Å². The van der Waals surface area contributed by atoms with E-state index in [9.17, 15) is 0 Å². The lowest BCUT2D eigenvalue weighted by atomic mass is 10.1. The van der Waals surface area contributed by atoms with Crippen LogP contribution in [0.4, 0.5) is 5.69 Å². The van der Waals surface area contributed by atoms with E-state index in [2.05, 4.69) is 48.5 Å². The van der Waals surface area contributed by atoms with Gasteiger partial charge in [-0.25, -0.2) is 0 Å². The van der Waals surface area contributed by atoms with E-state index in [1.54, 1.807) is 0 Å². The fraction of sp³-hybridized carbons (Fsp3) is 0.538. The van der Waals surface area contributed by atoms with Crippen LogP contribution >= 0.6 is 0 Å². The van der Waals surface area contributed by atoms with Crippen LogP contribution < -0.4 is 10.2 Å². The van der Waals surface area contributed by atoms with Crippen LogP contribution in [-0.2, 0) is 0 Å². The molecule has 1 aromatic rings. The van der Waals surface area contributed by atoms with E-state index in [1.807, 2.05) is 0 Å². The molecule has 0 spiro atoms. The molecule has 1 saturated heterocycles. The van der Waals surface area contributed by atoms with Crippen LogP contribution in [0.25, 0.3) is 0 Å². The van der Waals surface area contributed by atoms with E-state index in [-0.39, 0.29) is 0 Å². The number of nitrogens with zero attached hydrogens (tertiary/aromatic N) is 1. The molecule has 1 unspecified atom stereocenters. The van der Waals surface area contributed by atoms with Gasteiger partial charge >= 0.3 is 0 Å². The minimum absolute atomic E-state index is 0.653. The number of hydrogen-bond donors (Lipinski definition) is 1. The Bertz CT molecular complexity index is 316. The van der Waals surface area contributed by atoms with E-state index in [1.165, 1.54) is 30.6 Å². The van der Waals surface area contributed by atoms with E-state index >= 15 is 0 Å². The maximum Gasteiger partial charge on any atom is 0.0411 e. The summed E-state index contributed by atoms with van der Waals surface area (Å²) >= 11 is 0. The number of anilines is 1. The average molecular weight is 204 g/mol. The first-order valence-electron chi connectivity index (χ1n) is 5.77. The van der Waals surface area contributed by atoms with Crippen LogP contribution in [0.15, 0.2) is 24.3 Å². The molecule has 1 N–H and O–H groups in total. The number of piperidine rings is 1. The van der Waals surface area contributed by atoms with Crippen LogP contribution in [0, 0.1) is 6.92 Å². The highest BCUT2D eigenvalue weighted by atomic mass is 15.2. The lowest BCUT2D eigenvalue weighted by Gasteiger charge is -2.33. The molecule has 82 valence electrons. The van der Waals surface area contributed by atoms with Crippen molar-refractivity contribution in [1.82, 2.24) is 5.32 Å². The second-order valence-corrected chi connectivity index (χ2v) is 4.45. The zero-order valence-electron chi connectivity index (χ0n) is 9.66. The molecule has 1 atom stereocenters. The van der Waals surface area contributed by atoms with Gasteiger partial charge < -0.3 is 10.2 Å². The van der Waals surface area contributed by atoms with Gasteiger partial charge in [0.1, 0.15) is 0 Å². The molecule has 1 fully saturated rings. The minimum atomic E-state index is 0.653. The molecule has 0 aromatic heterocycles. The number of rotatable bonds is 2. The van der Waals surface area contributed by atoms with Gasteiger partial charge in [-0.05, 0) is 44.0 Å². The van der Waals surface area contributed by atoms with Gasteiger partial charge in [-0.15, -0.1) is 0 Å². The summed E-state index contributed by atoms with van der Waals surface area (Å²) in [6.45, 7) is 4.44. The Morgan fingerprint density at radius 2 is 2.27 bits per heavy atom. The molecule has 15 heavy (non-hydrogen) atoms. The molecule has 0 bridgehead atoms. The minimum Gasteiger partial charge on any atom is -0.370 e. The molecule has 0 aliphatic carbocycles. The first-order chi connectivity index (χ1) is 7.27. The number of benzene rings is 1. The lowest BCUT2D eigenvalue weighted by Crippen LogP contribution is -2.44. The van der Waals surface area contributed by atoms with Crippen molar-refractivity contribution in [2.24, 2.45) is 0 Å². The van der Waals surface area contributed by atoms with Crippen LogP contribution in [-0.4, -0.2) is 26.2 Å². The normalized spacial score (nSPS) is 21.3. The van der Waals surface area contributed by atoms with Crippen molar-refractivity contribution in [3.05, 3.63) is 29.8 Å². The van der Waals surface area contributed by atoms with Gasteiger partial charge in [-0.3, -0.25) is 0 Å². The highest BCUT2D eigenvalue weighted by Gasteiger charge is 2.17. The van der Waals surface area contributed by atoms with E-state index < -0.39 is 0 Å². The number of aryl methyl sites for hydroxylation is 1. The summed E-state index contributed by atoms with van der Waals surface area (Å²) < 4.78 is 0. The summed E-state index contributed by atoms with van der Waals surface area (Å²) in [7, 11) is 2.20. The Morgan fingerprint density at radius 1 is 1.40 bits per heavy atom. The SMILES string of the molecule is Cc1cccc(N(C)C2CCCNC2)c1. The molecule has 2 heteroatoms. The standard InChI is InChI=1S/C13H20N2/c1-11-5-3-6-12(9-11)15(2)13-7-4-8-14-10-13/h3,5-6,9,13-14H,4,7-8,10H2,1-2H3. The molecule has 0 amide bonds. The zero-order chi connectivity index (χ0) is 10.7. The highest BCUT2D eigenvalue weighted by Crippen LogP contribution is 2.19. The number of nitrogens with one attached hydrogen (secondary N) is 1. The van der Waals surface area contributed by atoms with Gasteiger partial charge in [-0.2, -0.15) is 0 Å². The molecule has 2 rings (SSSR count). The molecular formula is C13H20N2. The quantitative estimate of drug-likeness (QED) is 0.794. The van der Waals surface area contributed by atoms with Crippen molar-refractivity contribution in [3.63, 3.8) is 0 Å². The zero-order valence-corrected chi connectivity index (χ0v) is 9.66. The van der Waals surface area contributed by atoms with Gasteiger partial charge in [0.05, 0.1) is 0 Å². The maximum absolute atomic E-state index is 3.46. The van der Waals surface area contributed by atoms with Crippen LogP contribution in [0.3, 0.4) is 0 Å². The Kier molecular flexibility index (Phi) is 3.27. The third-order valence-electron chi connectivity index (χ3n) is 3.23. The summed E-state index contributed by atoms with van der Waals surface area (Å²) in [5.41, 5.74) is 2.67. The smallest absolute Gasteiger partial charge is 0.0411 e. The highest BCUT2D eigenvalue weighted by molar-refractivity contribution is 5.48. The first-order valence-corrected chi connectivity index (χ1v) is 5.77. The summed E-state index contributed by atoms with van der Waals surface area (Å²) in [5.74, 6) is 0. The Morgan fingerprint density at radius 3 is 2.93 bits per heavy atom. The summed E-state index contributed by atoms with van der Waals surface area (Å²) in [6, 6.07) is 9.39. The van der Waals surface area contributed by atoms with Gasteiger partial charge in [0, 0.05) is 25.3 Å². The van der Waals surface area contributed by atoms with Crippen molar-refractivity contribution in [1.29, 1.82) is 0 Å². The van der Waals surface area contributed by atoms with Gasteiger partial charge in [0.25, 0.3) is 0 Å². The molecule has 1 aromatic carbocycles. The Labute approximate surface area is 92.3 Å². The van der Waals surface area contributed by atoms with Crippen LogP contribution in [0.1, 0.15) is 18.4 Å². The lowest BCUT2D eigenvalue weighted by molar-refractivity contribution is 0.445. The fourth-order valence-corrected chi connectivity index (χ4v) is 2.22. The third kappa shape index (κ3) is 2.51. The van der Waals surface area contributed by atoms with E-state index in [4.69, 9.17) is 0 Å². The average Bonchev–Trinajstić information content (AvgIpc) is 2.29. The summed E-state index contributed by atoms with van der Waals surface area (Å²) in [5, 5.41) is 3.46. The second-order valence-electron chi connectivity index (χ2n) is 4.45.